The number of benzene rings is 1. The maximum atomic E-state index is 13.1. The minimum Gasteiger partial charge on any atom is -0.326 e. The van der Waals surface area contributed by atoms with Crippen LogP contribution in [0.15, 0.2) is 24.3 Å². The molecule has 0 aromatic heterocycles. The molecule has 1 aliphatic rings. The smallest absolute Gasteiger partial charge is 0.281 e. The van der Waals surface area contributed by atoms with E-state index < -0.39 is 16.0 Å². The molecule has 1 saturated heterocycles. The monoisotopic (exact) mass is 358 g/mol. The van der Waals surface area contributed by atoms with Crippen molar-refractivity contribution in [3.05, 3.63) is 30.1 Å². The molecule has 0 bridgehead atoms. The molecular formula is C15H23FN4O3S. The van der Waals surface area contributed by atoms with Crippen LogP contribution >= 0.6 is 0 Å². The molecule has 0 unspecified atom stereocenters. The summed E-state index contributed by atoms with van der Waals surface area (Å²) in [5, 5.41) is 2.65. The zero-order chi connectivity index (χ0) is 17.7. The van der Waals surface area contributed by atoms with Crippen LogP contribution < -0.4 is 5.32 Å². The molecular weight excluding hydrogens is 335 g/mol. The first-order valence-corrected chi connectivity index (χ1v) is 9.14. The van der Waals surface area contributed by atoms with E-state index in [4.69, 9.17) is 0 Å². The van der Waals surface area contributed by atoms with E-state index in [9.17, 15) is 17.6 Å². The highest BCUT2D eigenvalue weighted by atomic mass is 32.2. The van der Waals surface area contributed by atoms with Gasteiger partial charge in [-0.1, -0.05) is 6.07 Å². The Morgan fingerprint density at radius 3 is 2.50 bits per heavy atom. The van der Waals surface area contributed by atoms with Crippen molar-refractivity contribution in [2.45, 2.75) is 6.42 Å². The lowest BCUT2D eigenvalue weighted by molar-refractivity contribution is -0.116. The van der Waals surface area contributed by atoms with Crippen molar-refractivity contribution >= 4 is 21.8 Å². The average molecular weight is 358 g/mol. The molecule has 9 heteroatoms. The Hall–Kier alpha value is -1.55. The number of hydrogen-bond donors (Lipinski definition) is 1. The number of nitrogens with zero attached hydrogens (tertiary/aromatic N) is 3. The molecule has 134 valence electrons. The zero-order valence-electron chi connectivity index (χ0n) is 13.9. The number of carbonyl (C=O) groups excluding carboxylic acids is 1. The van der Waals surface area contributed by atoms with Crippen LogP contribution in [0.1, 0.15) is 6.42 Å². The molecule has 2 rings (SSSR count). The molecule has 1 fully saturated rings. The van der Waals surface area contributed by atoms with E-state index in [1.807, 2.05) is 4.90 Å². The molecule has 1 aromatic rings. The van der Waals surface area contributed by atoms with Gasteiger partial charge in [0, 0.05) is 58.9 Å². The Balaban J connectivity index is 1.75. The van der Waals surface area contributed by atoms with Crippen LogP contribution in [0.4, 0.5) is 10.1 Å². The highest BCUT2D eigenvalue weighted by Crippen LogP contribution is 2.11. The second-order valence-electron chi connectivity index (χ2n) is 5.84. The molecule has 7 nitrogen and oxygen atoms in total. The minimum absolute atomic E-state index is 0.191. The van der Waals surface area contributed by atoms with Crippen molar-refractivity contribution in [1.29, 1.82) is 0 Å². The van der Waals surface area contributed by atoms with E-state index in [1.165, 1.54) is 40.9 Å². The van der Waals surface area contributed by atoms with Gasteiger partial charge in [0.05, 0.1) is 0 Å². The van der Waals surface area contributed by atoms with Crippen molar-refractivity contribution in [3.8, 4) is 0 Å². The fourth-order valence-electron chi connectivity index (χ4n) is 2.46. The van der Waals surface area contributed by atoms with Gasteiger partial charge in [-0.15, -0.1) is 0 Å². The van der Waals surface area contributed by atoms with Crippen LogP contribution in [-0.2, 0) is 15.0 Å². The maximum absolute atomic E-state index is 13.1. The number of amides is 1. The SMILES string of the molecule is CN(C)S(=O)(=O)N1CCN(CCC(=O)Nc2cccc(F)c2)CC1. The van der Waals surface area contributed by atoms with E-state index in [0.29, 0.717) is 38.4 Å². The second kappa shape index (κ2) is 8.02. The van der Waals surface area contributed by atoms with Gasteiger partial charge in [-0.25, -0.2) is 4.39 Å². The molecule has 1 heterocycles. The van der Waals surface area contributed by atoms with E-state index in [0.717, 1.165) is 0 Å². The number of rotatable bonds is 6. The number of hydrogen-bond acceptors (Lipinski definition) is 4. The predicted octanol–water partition coefficient (Wildman–Crippen LogP) is 0.578. The van der Waals surface area contributed by atoms with Crippen molar-refractivity contribution < 1.29 is 17.6 Å². The summed E-state index contributed by atoms with van der Waals surface area (Å²) in [6, 6.07) is 5.75. The Kier molecular flexibility index (Phi) is 6.27. The summed E-state index contributed by atoms with van der Waals surface area (Å²) in [7, 11) is -0.350. The van der Waals surface area contributed by atoms with Gasteiger partial charge in [0.15, 0.2) is 0 Å². The van der Waals surface area contributed by atoms with Crippen LogP contribution in [0.5, 0.6) is 0 Å². The molecule has 1 aliphatic heterocycles. The van der Waals surface area contributed by atoms with Gasteiger partial charge < -0.3 is 10.2 Å². The van der Waals surface area contributed by atoms with Gasteiger partial charge in [0.1, 0.15) is 5.82 Å². The molecule has 0 radical (unpaired) electrons. The Morgan fingerprint density at radius 1 is 1.25 bits per heavy atom. The second-order valence-corrected chi connectivity index (χ2v) is 7.98. The number of nitrogens with one attached hydrogen (secondary N) is 1. The largest absolute Gasteiger partial charge is 0.326 e. The first kappa shape index (κ1) is 18.8. The predicted molar refractivity (Wildman–Crippen MR) is 90.3 cm³/mol. The molecule has 1 aromatic carbocycles. The summed E-state index contributed by atoms with van der Waals surface area (Å²) in [4.78, 5) is 14.0. The standard InChI is InChI=1S/C15H23FN4O3S/c1-18(2)24(22,23)20-10-8-19(9-11-20)7-6-15(21)17-14-5-3-4-13(16)12-14/h3-5,12H,6-11H2,1-2H3,(H,17,21). The maximum Gasteiger partial charge on any atom is 0.281 e. The summed E-state index contributed by atoms with van der Waals surface area (Å²) in [5.41, 5.74) is 0.432. The van der Waals surface area contributed by atoms with Crippen molar-refractivity contribution in [3.63, 3.8) is 0 Å². The number of anilines is 1. The van der Waals surface area contributed by atoms with Crippen molar-refractivity contribution in [1.82, 2.24) is 13.5 Å². The third-order valence-corrected chi connectivity index (χ3v) is 5.82. The van der Waals surface area contributed by atoms with E-state index in [2.05, 4.69) is 5.32 Å². The zero-order valence-corrected chi connectivity index (χ0v) is 14.7. The summed E-state index contributed by atoms with van der Waals surface area (Å²) in [5.74, 6) is -0.588. The third-order valence-electron chi connectivity index (χ3n) is 3.88. The summed E-state index contributed by atoms with van der Waals surface area (Å²) >= 11 is 0. The van der Waals surface area contributed by atoms with Crippen molar-refractivity contribution in [2.24, 2.45) is 0 Å². The van der Waals surface area contributed by atoms with Gasteiger partial charge in [-0.3, -0.25) is 4.79 Å². The van der Waals surface area contributed by atoms with Gasteiger partial charge in [0.25, 0.3) is 10.2 Å². The topological polar surface area (TPSA) is 73.0 Å². The lowest BCUT2D eigenvalue weighted by atomic mass is 10.2. The Morgan fingerprint density at radius 2 is 1.92 bits per heavy atom. The molecule has 0 atom stereocenters. The number of halogens is 1. The van der Waals surface area contributed by atoms with E-state index in [1.54, 1.807) is 6.07 Å². The van der Waals surface area contributed by atoms with Crippen LogP contribution in [0.2, 0.25) is 0 Å². The van der Waals surface area contributed by atoms with E-state index in [-0.39, 0.29) is 12.3 Å². The molecule has 1 N–H and O–H groups in total. The van der Waals surface area contributed by atoms with Crippen LogP contribution in [0, 0.1) is 5.82 Å². The number of piperazine rings is 1. The highest BCUT2D eigenvalue weighted by Gasteiger charge is 2.28. The van der Waals surface area contributed by atoms with Crippen molar-refractivity contribution in [2.75, 3.05) is 52.1 Å². The highest BCUT2D eigenvalue weighted by molar-refractivity contribution is 7.86. The summed E-state index contributed by atoms with van der Waals surface area (Å²) < 4.78 is 39.8. The third kappa shape index (κ3) is 4.97. The van der Waals surface area contributed by atoms with Crippen LogP contribution in [0.25, 0.3) is 0 Å². The minimum atomic E-state index is -3.37. The normalized spacial score (nSPS) is 17.2. The van der Waals surface area contributed by atoms with Gasteiger partial charge in [0.2, 0.25) is 5.91 Å². The van der Waals surface area contributed by atoms with Crippen LogP contribution in [0.3, 0.4) is 0 Å². The Bertz CT molecular complexity index is 673. The molecule has 1 amide bonds. The average Bonchev–Trinajstić information content (AvgIpc) is 2.53. The van der Waals surface area contributed by atoms with E-state index >= 15 is 0 Å². The Labute approximate surface area is 142 Å². The van der Waals surface area contributed by atoms with Gasteiger partial charge in [-0.05, 0) is 18.2 Å². The van der Waals surface area contributed by atoms with Crippen LogP contribution in [-0.4, -0.2) is 74.7 Å². The lowest BCUT2D eigenvalue weighted by Gasteiger charge is -2.34. The first-order valence-electron chi connectivity index (χ1n) is 7.74. The molecule has 0 spiro atoms. The molecule has 24 heavy (non-hydrogen) atoms. The lowest BCUT2D eigenvalue weighted by Crippen LogP contribution is -2.51. The molecule has 0 aliphatic carbocycles. The summed E-state index contributed by atoms with van der Waals surface area (Å²) in [6.07, 6.45) is 0.275. The quantitative estimate of drug-likeness (QED) is 0.807. The van der Waals surface area contributed by atoms with Gasteiger partial charge >= 0.3 is 0 Å². The molecule has 0 saturated carbocycles. The fraction of sp³-hybridized carbons (Fsp3) is 0.533. The number of carbonyl (C=O) groups is 1. The first-order chi connectivity index (χ1) is 11.3. The van der Waals surface area contributed by atoms with Gasteiger partial charge in [-0.2, -0.15) is 17.0 Å². The fourth-order valence-corrected chi connectivity index (χ4v) is 3.55. The summed E-state index contributed by atoms with van der Waals surface area (Å²) in [6.45, 7) is 2.52.